The summed E-state index contributed by atoms with van der Waals surface area (Å²) in [5.41, 5.74) is 0.523. The van der Waals surface area contributed by atoms with Crippen molar-refractivity contribution in [2.45, 2.75) is 33.6 Å². The highest BCUT2D eigenvalue weighted by Gasteiger charge is 2.18. The molecule has 0 N–H and O–H groups in total. The van der Waals surface area contributed by atoms with Crippen LogP contribution in [-0.2, 0) is 0 Å². The van der Waals surface area contributed by atoms with Crippen LogP contribution in [-0.4, -0.2) is 12.9 Å². The molecular weight excluding hydrogens is 299 g/mol. The van der Waals surface area contributed by atoms with Gasteiger partial charge in [0.25, 0.3) is 0 Å². The van der Waals surface area contributed by atoms with Gasteiger partial charge in [0.1, 0.15) is 11.6 Å². The Morgan fingerprint density at radius 3 is 2.50 bits per heavy atom. The summed E-state index contributed by atoms with van der Waals surface area (Å²) in [6, 6.07) is 2.72. The molecule has 0 aliphatic carbocycles. The number of halogens is 2. The van der Waals surface area contributed by atoms with E-state index in [1.54, 1.807) is 0 Å². The van der Waals surface area contributed by atoms with Gasteiger partial charge >= 0.3 is 0 Å². The minimum Gasteiger partial charge on any atom is -0.496 e. The molecule has 0 saturated heterocycles. The van der Waals surface area contributed by atoms with E-state index in [2.05, 4.69) is 36.7 Å². The van der Waals surface area contributed by atoms with E-state index in [-0.39, 0.29) is 21.4 Å². The van der Waals surface area contributed by atoms with Crippen LogP contribution in [0.3, 0.4) is 0 Å². The minimum atomic E-state index is -0.431. The van der Waals surface area contributed by atoms with Crippen molar-refractivity contribution in [3.63, 3.8) is 0 Å². The molecule has 0 spiro atoms. The van der Waals surface area contributed by atoms with E-state index in [0.29, 0.717) is 12.0 Å². The van der Waals surface area contributed by atoms with Crippen molar-refractivity contribution in [3.05, 3.63) is 28.0 Å². The Morgan fingerprint density at radius 2 is 2.00 bits per heavy atom. The first-order chi connectivity index (χ1) is 8.24. The first-order valence-electron chi connectivity index (χ1n) is 5.81. The summed E-state index contributed by atoms with van der Waals surface area (Å²) in [6.45, 7) is 6.24. The molecule has 0 fully saturated rings. The number of Topliss-reactive ketones (excluding diaryl/α,β-unsaturated/α-hetero) is 1. The summed E-state index contributed by atoms with van der Waals surface area (Å²) in [7, 11) is 1.43. The third kappa shape index (κ3) is 4.09. The summed E-state index contributed by atoms with van der Waals surface area (Å²) in [5.74, 6) is -0.170. The number of benzene rings is 1. The summed E-state index contributed by atoms with van der Waals surface area (Å²) in [5, 5.41) is 0. The second-order valence-corrected chi connectivity index (χ2v) is 6.30. The monoisotopic (exact) mass is 316 g/mol. The first kappa shape index (κ1) is 15.2. The molecule has 0 aromatic heterocycles. The summed E-state index contributed by atoms with van der Waals surface area (Å²) < 4.78 is 18.7. The van der Waals surface area contributed by atoms with Crippen molar-refractivity contribution in [2.24, 2.45) is 5.41 Å². The fraction of sp³-hybridized carbons (Fsp3) is 0.500. The lowest BCUT2D eigenvalue weighted by Gasteiger charge is -2.17. The van der Waals surface area contributed by atoms with Crippen molar-refractivity contribution in [3.8, 4) is 5.75 Å². The van der Waals surface area contributed by atoms with Crippen LogP contribution in [0, 0.1) is 11.2 Å². The third-order valence-corrected chi connectivity index (χ3v) is 3.25. The van der Waals surface area contributed by atoms with Crippen LogP contribution in [0.4, 0.5) is 4.39 Å². The van der Waals surface area contributed by atoms with Gasteiger partial charge < -0.3 is 4.74 Å². The lowest BCUT2D eigenvalue weighted by atomic mass is 9.88. The summed E-state index contributed by atoms with van der Waals surface area (Å²) in [4.78, 5) is 12.1. The Labute approximate surface area is 116 Å². The standard InChI is InChI=1S/C14H18BrFO2/c1-14(2,3)6-5-12(17)9-7-10(15)11(16)8-13(9)18-4/h7-8H,5-6H2,1-4H3. The zero-order chi connectivity index (χ0) is 13.9. The third-order valence-electron chi connectivity index (χ3n) is 2.64. The van der Waals surface area contributed by atoms with Crippen LogP contribution in [0.1, 0.15) is 44.0 Å². The molecule has 0 saturated carbocycles. The topological polar surface area (TPSA) is 26.3 Å². The second-order valence-electron chi connectivity index (χ2n) is 5.45. The number of rotatable bonds is 4. The normalized spacial score (nSPS) is 11.4. The first-order valence-corrected chi connectivity index (χ1v) is 6.60. The lowest BCUT2D eigenvalue weighted by molar-refractivity contribution is 0.0963. The molecular formula is C14H18BrFO2. The SMILES string of the molecule is COc1cc(F)c(Br)cc1C(=O)CCC(C)(C)C. The zero-order valence-electron chi connectivity index (χ0n) is 11.1. The largest absolute Gasteiger partial charge is 0.496 e. The Kier molecular flexibility index (Phi) is 4.91. The smallest absolute Gasteiger partial charge is 0.166 e. The quantitative estimate of drug-likeness (QED) is 0.758. The van der Waals surface area contributed by atoms with Gasteiger partial charge in [-0.1, -0.05) is 20.8 Å². The van der Waals surface area contributed by atoms with E-state index in [1.807, 2.05) is 0 Å². The zero-order valence-corrected chi connectivity index (χ0v) is 12.7. The molecule has 0 amide bonds. The van der Waals surface area contributed by atoms with Crippen molar-refractivity contribution < 1.29 is 13.9 Å². The van der Waals surface area contributed by atoms with Gasteiger partial charge in [0, 0.05) is 12.5 Å². The van der Waals surface area contributed by atoms with E-state index in [4.69, 9.17) is 4.74 Å². The van der Waals surface area contributed by atoms with E-state index in [0.717, 1.165) is 6.42 Å². The molecule has 1 rings (SSSR count). The number of carbonyl (C=O) groups is 1. The van der Waals surface area contributed by atoms with Gasteiger partial charge in [0.15, 0.2) is 5.78 Å². The predicted octanol–water partition coefficient (Wildman–Crippen LogP) is 4.61. The summed E-state index contributed by atoms with van der Waals surface area (Å²) in [6.07, 6.45) is 1.21. The van der Waals surface area contributed by atoms with Gasteiger partial charge in [0.2, 0.25) is 0 Å². The average molecular weight is 317 g/mol. The number of ether oxygens (including phenoxy) is 1. The molecule has 18 heavy (non-hydrogen) atoms. The number of methoxy groups -OCH3 is 1. The van der Waals surface area contributed by atoms with Gasteiger partial charge in [-0.05, 0) is 33.8 Å². The highest BCUT2D eigenvalue weighted by Crippen LogP contribution is 2.29. The van der Waals surface area contributed by atoms with Gasteiger partial charge in [-0.2, -0.15) is 0 Å². The maximum Gasteiger partial charge on any atom is 0.166 e. The summed E-state index contributed by atoms with van der Waals surface area (Å²) >= 11 is 3.09. The van der Waals surface area contributed by atoms with E-state index < -0.39 is 5.82 Å². The van der Waals surface area contributed by atoms with Gasteiger partial charge in [0.05, 0.1) is 17.1 Å². The molecule has 1 aromatic rings. The van der Waals surface area contributed by atoms with Crippen LogP contribution < -0.4 is 4.74 Å². The predicted molar refractivity (Wildman–Crippen MR) is 73.7 cm³/mol. The molecule has 1 aromatic carbocycles. The highest BCUT2D eigenvalue weighted by molar-refractivity contribution is 9.10. The molecule has 0 aliphatic rings. The van der Waals surface area contributed by atoms with Crippen LogP contribution in [0.15, 0.2) is 16.6 Å². The molecule has 4 heteroatoms. The molecule has 0 unspecified atom stereocenters. The van der Waals surface area contributed by atoms with Crippen LogP contribution in [0.5, 0.6) is 5.75 Å². The van der Waals surface area contributed by atoms with Crippen molar-refractivity contribution >= 4 is 21.7 Å². The molecule has 100 valence electrons. The van der Waals surface area contributed by atoms with Gasteiger partial charge in [-0.25, -0.2) is 4.39 Å². The Hall–Kier alpha value is -0.900. The molecule has 0 atom stereocenters. The van der Waals surface area contributed by atoms with Crippen molar-refractivity contribution in [1.29, 1.82) is 0 Å². The maximum absolute atomic E-state index is 13.3. The van der Waals surface area contributed by atoms with E-state index >= 15 is 0 Å². The molecule has 0 radical (unpaired) electrons. The fourth-order valence-corrected chi connectivity index (χ4v) is 1.88. The van der Waals surface area contributed by atoms with Crippen LogP contribution >= 0.6 is 15.9 Å². The average Bonchev–Trinajstić information content (AvgIpc) is 2.28. The second kappa shape index (κ2) is 5.83. The Bertz CT molecular complexity index is 450. The number of carbonyl (C=O) groups excluding carboxylic acids is 1. The Balaban J connectivity index is 2.95. The number of hydrogen-bond donors (Lipinski definition) is 0. The maximum atomic E-state index is 13.3. The Morgan fingerprint density at radius 1 is 1.39 bits per heavy atom. The minimum absolute atomic E-state index is 0.0255. The van der Waals surface area contributed by atoms with E-state index in [9.17, 15) is 9.18 Å². The highest BCUT2D eigenvalue weighted by atomic mass is 79.9. The molecule has 0 aliphatic heterocycles. The number of hydrogen-bond acceptors (Lipinski definition) is 2. The van der Waals surface area contributed by atoms with Crippen LogP contribution in [0.2, 0.25) is 0 Å². The van der Waals surface area contributed by atoms with Crippen LogP contribution in [0.25, 0.3) is 0 Å². The van der Waals surface area contributed by atoms with E-state index in [1.165, 1.54) is 19.2 Å². The lowest BCUT2D eigenvalue weighted by Crippen LogP contribution is -2.10. The van der Waals surface area contributed by atoms with Crippen molar-refractivity contribution in [1.82, 2.24) is 0 Å². The number of ketones is 1. The molecule has 0 heterocycles. The molecule has 0 bridgehead atoms. The van der Waals surface area contributed by atoms with Gasteiger partial charge in [-0.15, -0.1) is 0 Å². The van der Waals surface area contributed by atoms with Gasteiger partial charge in [-0.3, -0.25) is 4.79 Å². The van der Waals surface area contributed by atoms with Crippen molar-refractivity contribution in [2.75, 3.05) is 7.11 Å². The molecule has 2 nitrogen and oxygen atoms in total. The fourth-order valence-electron chi connectivity index (χ4n) is 1.54.